The fourth-order valence-corrected chi connectivity index (χ4v) is 2.70. The van der Waals surface area contributed by atoms with Crippen LogP contribution in [0, 0.1) is 5.92 Å². The topological polar surface area (TPSA) is 81.1 Å². The number of rotatable bonds is 4. The van der Waals surface area contributed by atoms with Gasteiger partial charge in [-0.05, 0) is 38.4 Å². The Morgan fingerprint density at radius 1 is 1.47 bits per heavy atom. The molecule has 4 N–H and O–H groups in total. The molecule has 0 saturated heterocycles. The van der Waals surface area contributed by atoms with Gasteiger partial charge in [0.1, 0.15) is 11.6 Å². The van der Waals surface area contributed by atoms with E-state index in [9.17, 15) is 0 Å². The molecule has 0 radical (unpaired) electrons. The van der Waals surface area contributed by atoms with Crippen LogP contribution in [-0.2, 0) is 6.54 Å². The zero-order valence-electron chi connectivity index (χ0n) is 10.3. The summed E-state index contributed by atoms with van der Waals surface area (Å²) in [7, 11) is 2.12. The summed E-state index contributed by atoms with van der Waals surface area (Å²) in [5.74, 6) is 1.93. The number of hydrogen-bond donors (Lipinski definition) is 2. The maximum absolute atomic E-state index is 5.80. The minimum Gasteiger partial charge on any atom is -0.384 e. The van der Waals surface area contributed by atoms with E-state index in [0.29, 0.717) is 17.8 Å². The number of anilines is 1. The lowest BCUT2D eigenvalue weighted by atomic mass is 10.0. The zero-order chi connectivity index (χ0) is 12.3. The van der Waals surface area contributed by atoms with Crippen LogP contribution < -0.4 is 11.5 Å². The molecule has 17 heavy (non-hydrogen) atoms. The highest BCUT2D eigenvalue weighted by Crippen LogP contribution is 2.28. The molecule has 1 saturated carbocycles. The second kappa shape index (κ2) is 5.42. The van der Waals surface area contributed by atoms with Crippen molar-refractivity contribution in [2.24, 2.45) is 11.7 Å². The monoisotopic (exact) mass is 235 g/mol. The van der Waals surface area contributed by atoms with Crippen LogP contribution in [0.1, 0.15) is 25.1 Å². The van der Waals surface area contributed by atoms with Crippen molar-refractivity contribution in [3.8, 4) is 0 Å². The SMILES string of the molecule is CN(Cc1nccc(N)n1)C1CCCC1CN. The van der Waals surface area contributed by atoms with Gasteiger partial charge in [-0.25, -0.2) is 9.97 Å². The summed E-state index contributed by atoms with van der Waals surface area (Å²) in [4.78, 5) is 10.8. The Kier molecular flexibility index (Phi) is 3.91. The van der Waals surface area contributed by atoms with Crippen molar-refractivity contribution in [1.29, 1.82) is 0 Å². The largest absolute Gasteiger partial charge is 0.384 e. The highest BCUT2D eigenvalue weighted by atomic mass is 15.2. The standard InChI is InChI=1S/C12H21N5/c1-17(10-4-2-3-9(10)7-13)8-12-15-6-5-11(14)16-12/h5-6,9-10H,2-4,7-8,13H2,1H3,(H2,14,15,16). The molecule has 0 spiro atoms. The van der Waals surface area contributed by atoms with Crippen molar-refractivity contribution >= 4 is 5.82 Å². The predicted octanol–water partition coefficient (Wildman–Crippen LogP) is 0.618. The lowest BCUT2D eigenvalue weighted by molar-refractivity contribution is 0.188. The molecule has 0 aliphatic heterocycles. The van der Waals surface area contributed by atoms with Gasteiger partial charge in [0.2, 0.25) is 0 Å². The van der Waals surface area contributed by atoms with Gasteiger partial charge in [-0.1, -0.05) is 6.42 Å². The lowest BCUT2D eigenvalue weighted by Gasteiger charge is -2.28. The second-order valence-electron chi connectivity index (χ2n) is 4.81. The van der Waals surface area contributed by atoms with E-state index in [2.05, 4.69) is 21.9 Å². The fraction of sp³-hybridized carbons (Fsp3) is 0.667. The molecular formula is C12H21N5. The van der Waals surface area contributed by atoms with Gasteiger partial charge in [0.05, 0.1) is 6.54 Å². The van der Waals surface area contributed by atoms with E-state index in [1.807, 2.05) is 0 Å². The van der Waals surface area contributed by atoms with Gasteiger partial charge in [-0.15, -0.1) is 0 Å². The molecule has 2 atom stereocenters. The smallest absolute Gasteiger partial charge is 0.144 e. The molecule has 1 aromatic heterocycles. The van der Waals surface area contributed by atoms with Gasteiger partial charge < -0.3 is 11.5 Å². The quantitative estimate of drug-likeness (QED) is 0.799. The number of nitrogens with zero attached hydrogens (tertiary/aromatic N) is 3. The second-order valence-corrected chi connectivity index (χ2v) is 4.81. The molecule has 5 heteroatoms. The Labute approximate surface area is 102 Å². The predicted molar refractivity (Wildman–Crippen MR) is 68.1 cm³/mol. The molecule has 5 nitrogen and oxygen atoms in total. The van der Waals surface area contributed by atoms with Crippen molar-refractivity contribution in [2.75, 3.05) is 19.3 Å². The molecule has 2 unspecified atom stereocenters. The first-order valence-corrected chi connectivity index (χ1v) is 6.18. The van der Waals surface area contributed by atoms with Crippen LogP contribution in [0.3, 0.4) is 0 Å². The fourth-order valence-electron chi connectivity index (χ4n) is 2.70. The molecule has 1 aliphatic rings. The van der Waals surface area contributed by atoms with Gasteiger partial charge in [0, 0.05) is 12.2 Å². The first-order valence-electron chi connectivity index (χ1n) is 6.18. The van der Waals surface area contributed by atoms with Crippen LogP contribution in [0.15, 0.2) is 12.3 Å². The molecule has 1 heterocycles. The number of aromatic nitrogens is 2. The molecule has 1 aliphatic carbocycles. The Morgan fingerprint density at radius 2 is 2.29 bits per heavy atom. The van der Waals surface area contributed by atoms with Crippen LogP contribution >= 0.6 is 0 Å². The maximum Gasteiger partial charge on any atom is 0.144 e. The van der Waals surface area contributed by atoms with Crippen LogP contribution in [0.25, 0.3) is 0 Å². The Bertz CT molecular complexity index is 368. The number of nitrogens with two attached hydrogens (primary N) is 2. The van der Waals surface area contributed by atoms with Crippen molar-refractivity contribution in [1.82, 2.24) is 14.9 Å². The van der Waals surface area contributed by atoms with E-state index in [0.717, 1.165) is 18.9 Å². The summed E-state index contributed by atoms with van der Waals surface area (Å²) in [5.41, 5.74) is 11.5. The van der Waals surface area contributed by atoms with Gasteiger partial charge in [0.15, 0.2) is 0 Å². The molecule has 1 fully saturated rings. The molecule has 0 aromatic carbocycles. The molecule has 1 aromatic rings. The van der Waals surface area contributed by atoms with Gasteiger partial charge in [-0.2, -0.15) is 0 Å². The Morgan fingerprint density at radius 3 is 3.00 bits per heavy atom. The molecule has 0 amide bonds. The maximum atomic E-state index is 5.80. The van der Waals surface area contributed by atoms with Gasteiger partial charge in [0.25, 0.3) is 0 Å². The van der Waals surface area contributed by atoms with E-state index < -0.39 is 0 Å². The van der Waals surface area contributed by atoms with Crippen molar-refractivity contribution in [3.05, 3.63) is 18.1 Å². The number of hydrogen-bond acceptors (Lipinski definition) is 5. The first-order chi connectivity index (χ1) is 8.20. The van der Waals surface area contributed by atoms with E-state index in [-0.39, 0.29) is 0 Å². The normalized spacial score (nSPS) is 24.4. The third-order valence-corrected chi connectivity index (χ3v) is 3.61. The van der Waals surface area contributed by atoms with Crippen molar-refractivity contribution in [3.63, 3.8) is 0 Å². The molecular weight excluding hydrogens is 214 g/mol. The Balaban J connectivity index is 1.99. The van der Waals surface area contributed by atoms with Crippen LogP contribution in [-0.4, -0.2) is 34.5 Å². The minimum absolute atomic E-state index is 0.533. The van der Waals surface area contributed by atoms with E-state index in [1.54, 1.807) is 12.3 Å². The van der Waals surface area contributed by atoms with Crippen LogP contribution in [0.4, 0.5) is 5.82 Å². The highest BCUT2D eigenvalue weighted by molar-refractivity contribution is 5.24. The average molecular weight is 235 g/mol. The molecule has 0 bridgehead atoms. The summed E-state index contributed by atoms with van der Waals surface area (Å²) in [5, 5.41) is 0. The number of nitrogen functional groups attached to an aromatic ring is 1. The summed E-state index contributed by atoms with van der Waals surface area (Å²) in [6, 6.07) is 2.27. The average Bonchev–Trinajstić information content (AvgIpc) is 2.77. The van der Waals surface area contributed by atoms with Crippen molar-refractivity contribution in [2.45, 2.75) is 31.8 Å². The first kappa shape index (κ1) is 12.3. The highest BCUT2D eigenvalue weighted by Gasteiger charge is 2.29. The summed E-state index contributed by atoms with van der Waals surface area (Å²) in [6.07, 6.45) is 5.44. The summed E-state index contributed by atoms with van der Waals surface area (Å²) >= 11 is 0. The van der Waals surface area contributed by atoms with Gasteiger partial charge >= 0.3 is 0 Å². The zero-order valence-corrected chi connectivity index (χ0v) is 10.3. The third-order valence-electron chi connectivity index (χ3n) is 3.61. The summed E-state index contributed by atoms with van der Waals surface area (Å²) in [6.45, 7) is 1.51. The summed E-state index contributed by atoms with van der Waals surface area (Å²) < 4.78 is 0. The molecule has 2 rings (SSSR count). The van der Waals surface area contributed by atoms with E-state index in [4.69, 9.17) is 11.5 Å². The molecule has 94 valence electrons. The van der Waals surface area contributed by atoms with E-state index >= 15 is 0 Å². The minimum atomic E-state index is 0.533. The van der Waals surface area contributed by atoms with Crippen LogP contribution in [0.2, 0.25) is 0 Å². The van der Waals surface area contributed by atoms with E-state index in [1.165, 1.54) is 19.3 Å². The Hall–Kier alpha value is -1.20. The lowest BCUT2D eigenvalue weighted by Crippen LogP contribution is -2.37. The van der Waals surface area contributed by atoms with Crippen LogP contribution in [0.5, 0.6) is 0 Å². The third kappa shape index (κ3) is 2.92. The van der Waals surface area contributed by atoms with Crippen molar-refractivity contribution < 1.29 is 0 Å². The van der Waals surface area contributed by atoms with Gasteiger partial charge in [-0.3, -0.25) is 4.90 Å².